The largest absolute Gasteiger partial charge is 0.494 e. The molecule has 0 atom stereocenters. The fourth-order valence-electron chi connectivity index (χ4n) is 9.35. The lowest BCUT2D eigenvalue weighted by molar-refractivity contribution is -0.384. The van der Waals surface area contributed by atoms with Crippen LogP contribution >= 0.6 is 0 Å². The van der Waals surface area contributed by atoms with E-state index >= 15 is 0 Å². The summed E-state index contributed by atoms with van der Waals surface area (Å²) in [5.41, 5.74) is 16.0. The molecular weight excluding hydrogens is 805 g/mol. The molecule has 5 aromatic carbocycles. The smallest absolute Gasteiger partial charge is 0.269 e. The molecule has 8 aromatic rings. The summed E-state index contributed by atoms with van der Waals surface area (Å²) in [6.07, 6.45) is 8.13. The van der Waals surface area contributed by atoms with E-state index in [9.17, 15) is 10.1 Å². The van der Waals surface area contributed by atoms with E-state index in [-0.39, 0.29) is 5.69 Å². The van der Waals surface area contributed by atoms with Crippen molar-refractivity contribution in [3.05, 3.63) is 191 Å². The van der Waals surface area contributed by atoms with Crippen LogP contribution in [-0.2, 0) is 6.54 Å². The molecule has 0 saturated carbocycles. The number of nitro benzene ring substituents is 1. The Bertz CT molecular complexity index is 3480. The number of rotatable bonds is 12. The highest BCUT2D eigenvalue weighted by Gasteiger charge is 2.22. The van der Waals surface area contributed by atoms with E-state index in [4.69, 9.17) is 14.7 Å². The molecule has 11 rings (SSSR count). The number of H-pyrrole nitrogens is 2. The molecular formula is C56H44N6O3. The molecule has 316 valence electrons. The summed E-state index contributed by atoms with van der Waals surface area (Å²) in [7, 11) is 0. The zero-order valence-corrected chi connectivity index (χ0v) is 35.6. The van der Waals surface area contributed by atoms with E-state index in [1.165, 1.54) is 12.1 Å². The van der Waals surface area contributed by atoms with Gasteiger partial charge >= 0.3 is 0 Å². The minimum atomic E-state index is -0.398. The van der Waals surface area contributed by atoms with Gasteiger partial charge in [0, 0.05) is 73.7 Å². The number of nitrogens with one attached hydrogen (secondary N) is 2. The van der Waals surface area contributed by atoms with Crippen LogP contribution in [0.25, 0.3) is 101 Å². The molecule has 9 nitrogen and oxygen atoms in total. The first-order valence-corrected chi connectivity index (χ1v) is 22.2. The summed E-state index contributed by atoms with van der Waals surface area (Å²) in [6, 6.07) is 57.5. The second kappa shape index (κ2) is 17.1. The Balaban J connectivity index is 1.11. The SMILES string of the molecule is O=[N+]([O-])c1ccc(OCCCCCCn2c3cc4nc-3c(c3ccc([nH]3)c(-c3ccccc3)c3nc(c(-c5ccccc5)c5ccc([nH]5)c4-c4ccccc4)C=C3)c3ccccc32)cc1. The van der Waals surface area contributed by atoms with Crippen LogP contribution in [0.3, 0.4) is 0 Å². The Morgan fingerprint density at radius 2 is 1.09 bits per heavy atom. The first-order chi connectivity index (χ1) is 32.1. The van der Waals surface area contributed by atoms with Crippen LogP contribution < -0.4 is 4.74 Å². The summed E-state index contributed by atoms with van der Waals surface area (Å²) in [4.78, 5) is 29.5. The Labute approximate surface area is 375 Å². The van der Waals surface area contributed by atoms with Crippen LogP contribution in [0, 0.1) is 10.1 Å². The highest BCUT2D eigenvalue weighted by Crippen LogP contribution is 2.42. The van der Waals surface area contributed by atoms with E-state index in [0.717, 1.165) is 132 Å². The Hall–Kier alpha value is -8.30. The van der Waals surface area contributed by atoms with Crippen LogP contribution in [0.4, 0.5) is 5.69 Å². The van der Waals surface area contributed by atoms with Crippen molar-refractivity contribution < 1.29 is 9.66 Å². The van der Waals surface area contributed by atoms with E-state index in [2.05, 4.69) is 160 Å². The zero-order chi connectivity index (χ0) is 43.7. The maximum Gasteiger partial charge on any atom is 0.269 e. The lowest BCUT2D eigenvalue weighted by Gasteiger charge is -2.18. The molecule has 0 fully saturated rings. The van der Waals surface area contributed by atoms with E-state index in [0.29, 0.717) is 12.4 Å². The van der Waals surface area contributed by atoms with Gasteiger partial charge in [0.05, 0.1) is 39.8 Å². The number of fused-ring (bicyclic) bond motifs is 10. The van der Waals surface area contributed by atoms with Gasteiger partial charge in [-0.2, -0.15) is 0 Å². The topological polar surface area (TPSA) is 115 Å². The number of unbranched alkanes of at least 4 members (excludes halogenated alkanes) is 3. The molecule has 8 bridgehead atoms. The van der Waals surface area contributed by atoms with Crippen LogP contribution in [0.2, 0.25) is 0 Å². The van der Waals surface area contributed by atoms with Gasteiger partial charge in [0.2, 0.25) is 0 Å². The van der Waals surface area contributed by atoms with Crippen molar-refractivity contribution in [2.75, 3.05) is 6.61 Å². The first kappa shape index (κ1) is 39.5. The number of aryl methyl sites for hydroxylation is 1. The van der Waals surface area contributed by atoms with Gasteiger partial charge in [-0.1, -0.05) is 122 Å². The number of non-ortho nitro benzene ring substituents is 1. The third-order valence-electron chi connectivity index (χ3n) is 12.4. The molecule has 6 heterocycles. The molecule has 0 spiro atoms. The monoisotopic (exact) mass is 848 g/mol. The van der Waals surface area contributed by atoms with Crippen molar-refractivity contribution in [3.8, 4) is 50.5 Å². The predicted molar refractivity (Wildman–Crippen MR) is 264 cm³/mol. The Morgan fingerprint density at radius 3 is 1.72 bits per heavy atom. The quantitative estimate of drug-likeness (QED) is 0.0722. The fraction of sp³-hybridized carbons (Fsp3) is 0.107. The van der Waals surface area contributed by atoms with Crippen molar-refractivity contribution in [3.63, 3.8) is 0 Å². The van der Waals surface area contributed by atoms with Gasteiger partial charge in [0.15, 0.2) is 0 Å². The maximum absolute atomic E-state index is 11.1. The fourth-order valence-corrected chi connectivity index (χ4v) is 9.35. The number of pyridine rings is 1. The predicted octanol–water partition coefficient (Wildman–Crippen LogP) is 14.4. The summed E-state index contributed by atoms with van der Waals surface area (Å²) in [6.45, 7) is 1.36. The zero-order valence-electron chi connectivity index (χ0n) is 35.6. The second-order valence-electron chi connectivity index (χ2n) is 16.4. The normalized spacial score (nSPS) is 11.8. The van der Waals surface area contributed by atoms with Crippen molar-refractivity contribution in [1.82, 2.24) is 24.5 Å². The molecule has 3 aliphatic rings. The summed E-state index contributed by atoms with van der Waals surface area (Å²) in [5.74, 6) is 0.643. The van der Waals surface area contributed by atoms with Gasteiger partial charge in [-0.25, -0.2) is 9.97 Å². The molecule has 9 heteroatoms. The number of nitrogens with zero attached hydrogens (tertiary/aromatic N) is 4. The number of hydrogen-bond donors (Lipinski definition) is 2. The molecule has 3 aromatic heterocycles. The van der Waals surface area contributed by atoms with Crippen LogP contribution in [0.1, 0.15) is 37.1 Å². The van der Waals surface area contributed by atoms with Crippen molar-refractivity contribution in [2.45, 2.75) is 32.2 Å². The number of aromatic amines is 2. The van der Waals surface area contributed by atoms with E-state index in [1.54, 1.807) is 12.1 Å². The molecule has 0 saturated heterocycles. The molecule has 3 aliphatic heterocycles. The second-order valence-corrected chi connectivity index (χ2v) is 16.4. The lowest BCUT2D eigenvalue weighted by Crippen LogP contribution is -2.06. The highest BCUT2D eigenvalue weighted by atomic mass is 16.6. The van der Waals surface area contributed by atoms with Crippen LogP contribution in [0.5, 0.6) is 5.75 Å². The third-order valence-corrected chi connectivity index (χ3v) is 12.4. The van der Waals surface area contributed by atoms with Gasteiger partial charge in [-0.3, -0.25) is 10.1 Å². The first-order valence-electron chi connectivity index (χ1n) is 22.2. The van der Waals surface area contributed by atoms with Crippen molar-refractivity contribution in [2.24, 2.45) is 0 Å². The molecule has 0 amide bonds. The van der Waals surface area contributed by atoms with Crippen molar-refractivity contribution in [1.29, 1.82) is 0 Å². The van der Waals surface area contributed by atoms with E-state index < -0.39 is 4.92 Å². The number of ether oxygens (including phenoxy) is 1. The average molecular weight is 849 g/mol. The minimum absolute atomic E-state index is 0.0584. The van der Waals surface area contributed by atoms with Gasteiger partial charge in [-0.15, -0.1) is 0 Å². The van der Waals surface area contributed by atoms with Gasteiger partial charge in [0.25, 0.3) is 5.69 Å². The standard InChI is InChI=1S/C56H44N6O3/c63-62(64)40-24-26-41(27-25-40)65-35-15-2-1-14-34-61-50-23-13-12-22-42(50)55-48-33-32-46(59-48)53(38-18-8-4-9-19-38)44-29-28-43(57-44)52(37-16-6-3-7-17-37)45-30-31-47(58-45)54(39-20-10-5-11-21-39)49-36-51(61)56(55)60-49/h3-13,16-33,36,58-59H,1-2,14-15,34-35H2. The molecule has 0 radical (unpaired) electrons. The molecule has 65 heavy (non-hydrogen) atoms. The van der Waals surface area contributed by atoms with Gasteiger partial charge < -0.3 is 19.3 Å². The average Bonchev–Trinajstić information content (AvgIpc) is 4.19. The summed E-state index contributed by atoms with van der Waals surface area (Å²) >= 11 is 0. The minimum Gasteiger partial charge on any atom is -0.494 e. The summed E-state index contributed by atoms with van der Waals surface area (Å²) in [5, 5.41) is 13.2. The summed E-state index contributed by atoms with van der Waals surface area (Å²) < 4.78 is 8.38. The van der Waals surface area contributed by atoms with Gasteiger partial charge in [-0.05, 0) is 90.2 Å². The number of hydrogen-bond acceptors (Lipinski definition) is 5. The van der Waals surface area contributed by atoms with Crippen LogP contribution in [-0.4, -0.2) is 36.0 Å². The van der Waals surface area contributed by atoms with Crippen molar-refractivity contribution >= 4 is 61.7 Å². The molecule has 0 unspecified atom stereocenters. The number of nitro groups is 1. The van der Waals surface area contributed by atoms with Crippen LogP contribution in [0.15, 0.2) is 170 Å². The third kappa shape index (κ3) is 7.57. The number of para-hydroxylation sites is 1. The van der Waals surface area contributed by atoms with Gasteiger partial charge in [0.1, 0.15) is 5.75 Å². The Morgan fingerprint density at radius 1 is 0.554 bits per heavy atom. The molecule has 2 N–H and O–H groups in total. The number of aromatic nitrogens is 5. The van der Waals surface area contributed by atoms with E-state index in [1.807, 2.05) is 12.1 Å². The highest BCUT2D eigenvalue weighted by molar-refractivity contribution is 6.14. The molecule has 0 aliphatic carbocycles. The maximum atomic E-state index is 11.1. The Kier molecular flexibility index (Phi) is 10.4. The number of benzene rings is 5. The lowest BCUT2D eigenvalue weighted by atomic mass is 10.0.